The summed E-state index contributed by atoms with van der Waals surface area (Å²) in [6.07, 6.45) is 1.65. The van der Waals surface area contributed by atoms with E-state index in [1.54, 1.807) is 67.6 Å². The van der Waals surface area contributed by atoms with Crippen molar-refractivity contribution in [2.75, 3.05) is 24.0 Å². The molecule has 10 heteroatoms. The Morgan fingerprint density at radius 3 is 2.59 bits per heavy atom. The fourth-order valence-electron chi connectivity index (χ4n) is 3.58. The number of benzene rings is 3. The zero-order valence-corrected chi connectivity index (χ0v) is 20.7. The third-order valence-electron chi connectivity index (χ3n) is 5.41. The number of hydrogen-bond donors (Lipinski definition) is 2. The molecule has 37 heavy (non-hydrogen) atoms. The monoisotopic (exact) mass is 519 g/mol. The van der Waals surface area contributed by atoms with Gasteiger partial charge < -0.3 is 19.9 Å². The van der Waals surface area contributed by atoms with E-state index < -0.39 is 17.8 Å². The van der Waals surface area contributed by atoms with Gasteiger partial charge >= 0.3 is 5.97 Å². The predicted molar refractivity (Wildman–Crippen MR) is 141 cm³/mol. The van der Waals surface area contributed by atoms with E-state index in [4.69, 9.17) is 21.1 Å². The van der Waals surface area contributed by atoms with Gasteiger partial charge in [0.25, 0.3) is 11.8 Å². The van der Waals surface area contributed by atoms with Crippen molar-refractivity contribution in [3.8, 4) is 11.5 Å². The van der Waals surface area contributed by atoms with Gasteiger partial charge in [0.2, 0.25) is 0 Å². The first kappa shape index (κ1) is 25.5. The van der Waals surface area contributed by atoms with Crippen LogP contribution in [-0.4, -0.2) is 42.3 Å². The summed E-state index contributed by atoms with van der Waals surface area (Å²) in [5.41, 5.74) is 2.34. The Balaban J connectivity index is 1.48. The molecule has 0 aromatic heterocycles. The standard InChI is InChI=1S/C27H22ClN3O6/c1-16-20(26(33)31(30-16)19-7-5-6-18(14-19)27(34)35)12-17-10-11-23(24(13-17)36-2)37-15-25(32)29-22-9-4-3-8-21(22)28/h3-14H,15H2,1-2H3,(H,29,32)(H,34,35)/b20-12+. The summed E-state index contributed by atoms with van der Waals surface area (Å²) < 4.78 is 11.0. The summed E-state index contributed by atoms with van der Waals surface area (Å²) >= 11 is 6.06. The number of carbonyl (C=O) groups is 3. The van der Waals surface area contributed by atoms with Crippen LogP contribution in [0.3, 0.4) is 0 Å². The Kier molecular flexibility index (Phi) is 7.55. The lowest BCUT2D eigenvalue weighted by Gasteiger charge is -2.13. The molecule has 3 aromatic carbocycles. The molecule has 0 atom stereocenters. The highest BCUT2D eigenvalue weighted by atomic mass is 35.5. The predicted octanol–water partition coefficient (Wildman–Crippen LogP) is 4.87. The average Bonchev–Trinajstić information content (AvgIpc) is 3.17. The van der Waals surface area contributed by atoms with Gasteiger partial charge in [-0.1, -0.05) is 35.9 Å². The van der Waals surface area contributed by atoms with Crippen molar-refractivity contribution in [3.63, 3.8) is 0 Å². The average molecular weight is 520 g/mol. The van der Waals surface area contributed by atoms with Gasteiger partial charge in [0, 0.05) is 0 Å². The van der Waals surface area contributed by atoms with Crippen LogP contribution in [0.25, 0.3) is 6.08 Å². The van der Waals surface area contributed by atoms with Crippen LogP contribution in [-0.2, 0) is 9.59 Å². The van der Waals surface area contributed by atoms with Gasteiger partial charge in [-0.2, -0.15) is 10.1 Å². The van der Waals surface area contributed by atoms with E-state index in [-0.39, 0.29) is 12.2 Å². The van der Waals surface area contributed by atoms with E-state index in [9.17, 15) is 19.5 Å². The molecule has 0 unspecified atom stereocenters. The summed E-state index contributed by atoms with van der Waals surface area (Å²) in [7, 11) is 1.47. The van der Waals surface area contributed by atoms with Crippen LogP contribution in [0.15, 0.2) is 77.4 Å². The molecule has 0 saturated carbocycles. The van der Waals surface area contributed by atoms with Gasteiger partial charge in [0.05, 0.1) is 40.4 Å². The quantitative estimate of drug-likeness (QED) is 0.410. The number of rotatable bonds is 8. The van der Waals surface area contributed by atoms with E-state index >= 15 is 0 Å². The van der Waals surface area contributed by atoms with Crippen molar-refractivity contribution >= 4 is 52.5 Å². The Hall–Kier alpha value is -4.63. The minimum atomic E-state index is -1.10. The normalized spacial score (nSPS) is 13.9. The van der Waals surface area contributed by atoms with Gasteiger partial charge in [-0.15, -0.1) is 0 Å². The van der Waals surface area contributed by atoms with Gasteiger partial charge in [0.1, 0.15) is 0 Å². The lowest BCUT2D eigenvalue weighted by atomic mass is 10.1. The summed E-state index contributed by atoms with van der Waals surface area (Å²) in [5.74, 6) is -1.17. The summed E-state index contributed by atoms with van der Waals surface area (Å²) in [4.78, 5) is 36.6. The fraction of sp³-hybridized carbons (Fsp3) is 0.111. The van der Waals surface area contributed by atoms with Crippen molar-refractivity contribution in [1.29, 1.82) is 0 Å². The summed E-state index contributed by atoms with van der Waals surface area (Å²) in [5, 5.41) is 17.8. The van der Waals surface area contributed by atoms with Crippen LogP contribution in [0, 0.1) is 0 Å². The minimum absolute atomic E-state index is 0.0523. The molecule has 0 radical (unpaired) electrons. The zero-order valence-electron chi connectivity index (χ0n) is 19.9. The molecule has 188 valence electrons. The molecule has 1 aliphatic heterocycles. The van der Waals surface area contributed by atoms with Crippen LogP contribution in [0.1, 0.15) is 22.8 Å². The summed E-state index contributed by atoms with van der Waals surface area (Å²) in [6, 6.07) is 17.9. The highest BCUT2D eigenvalue weighted by Gasteiger charge is 2.29. The molecule has 0 spiro atoms. The zero-order chi connectivity index (χ0) is 26.5. The third-order valence-corrected chi connectivity index (χ3v) is 5.74. The molecule has 0 aliphatic carbocycles. The molecular weight excluding hydrogens is 498 g/mol. The number of nitrogens with zero attached hydrogens (tertiary/aromatic N) is 2. The largest absolute Gasteiger partial charge is 0.493 e. The van der Waals surface area contributed by atoms with Crippen LogP contribution in [0.4, 0.5) is 11.4 Å². The van der Waals surface area contributed by atoms with Crippen LogP contribution < -0.4 is 19.8 Å². The van der Waals surface area contributed by atoms with Crippen molar-refractivity contribution in [2.45, 2.75) is 6.92 Å². The number of hydrazone groups is 1. The van der Waals surface area contributed by atoms with Crippen LogP contribution in [0.2, 0.25) is 5.02 Å². The third kappa shape index (κ3) is 5.79. The summed E-state index contributed by atoms with van der Waals surface area (Å²) in [6.45, 7) is 1.42. The van der Waals surface area contributed by atoms with E-state index in [0.717, 1.165) is 0 Å². The molecule has 0 saturated heterocycles. The van der Waals surface area contributed by atoms with Crippen molar-refractivity contribution in [2.24, 2.45) is 5.10 Å². The van der Waals surface area contributed by atoms with Crippen LogP contribution in [0.5, 0.6) is 11.5 Å². The molecule has 3 aromatic rings. The molecule has 4 rings (SSSR count). The lowest BCUT2D eigenvalue weighted by Crippen LogP contribution is -2.21. The van der Waals surface area contributed by atoms with E-state index in [0.29, 0.717) is 44.7 Å². The van der Waals surface area contributed by atoms with E-state index in [2.05, 4.69) is 10.4 Å². The van der Waals surface area contributed by atoms with Crippen LogP contribution >= 0.6 is 11.6 Å². The Morgan fingerprint density at radius 1 is 1.08 bits per heavy atom. The second-order valence-corrected chi connectivity index (χ2v) is 8.35. The van der Waals surface area contributed by atoms with Crippen molar-refractivity contribution < 1.29 is 29.0 Å². The van der Waals surface area contributed by atoms with E-state index in [1.165, 1.54) is 24.3 Å². The SMILES string of the molecule is COc1cc(/C=C2/C(=O)N(c3cccc(C(=O)O)c3)N=C2C)ccc1OCC(=O)Nc1ccccc1Cl. The maximum atomic E-state index is 13.1. The number of anilines is 2. The highest BCUT2D eigenvalue weighted by molar-refractivity contribution is 6.33. The van der Waals surface area contributed by atoms with Gasteiger partial charge in [0.15, 0.2) is 18.1 Å². The Morgan fingerprint density at radius 2 is 1.86 bits per heavy atom. The van der Waals surface area contributed by atoms with Gasteiger partial charge in [-0.3, -0.25) is 9.59 Å². The Labute approximate surface area is 217 Å². The molecule has 0 fully saturated rings. The topological polar surface area (TPSA) is 118 Å². The highest BCUT2D eigenvalue weighted by Crippen LogP contribution is 2.31. The number of ether oxygens (including phenoxy) is 2. The molecule has 2 amide bonds. The minimum Gasteiger partial charge on any atom is -0.493 e. The second-order valence-electron chi connectivity index (χ2n) is 7.94. The number of nitrogens with one attached hydrogen (secondary N) is 1. The number of halogens is 1. The van der Waals surface area contributed by atoms with E-state index in [1.807, 2.05) is 0 Å². The number of carboxylic acid groups (broad SMARTS) is 1. The Bertz CT molecular complexity index is 1450. The number of hydrogen-bond acceptors (Lipinski definition) is 6. The first-order chi connectivity index (χ1) is 17.8. The number of aromatic carboxylic acids is 1. The first-order valence-electron chi connectivity index (χ1n) is 11.1. The van der Waals surface area contributed by atoms with Gasteiger partial charge in [-0.05, 0) is 61.0 Å². The molecule has 1 heterocycles. The molecule has 0 bridgehead atoms. The smallest absolute Gasteiger partial charge is 0.335 e. The number of methoxy groups -OCH3 is 1. The number of carbonyl (C=O) groups excluding carboxylic acids is 2. The number of amides is 2. The van der Waals surface area contributed by atoms with Gasteiger partial charge in [-0.25, -0.2) is 4.79 Å². The molecule has 1 aliphatic rings. The van der Waals surface area contributed by atoms with Crippen molar-refractivity contribution in [1.82, 2.24) is 0 Å². The lowest BCUT2D eigenvalue weighted by molar-refractivity contribution is -0.118. The molecular formula is C27H22ClN3O6. The van der Waals surface area contributed by atoms with Crippen molar-refractivity contribution in [3.05, 3.63) is 88.5 Å². The molecule has 2 N–H and O–H groups in total. The second kappa shape index (κ2) is 11.0. The maximum Gasteiger partial charge on any atom is 0.335 e. The number of carboxylic acids is 1. The number of para-hydroxylation sites is 1. The molecule has 9 nitrogen and oxygen atoms in total. The fourth-order valence-corrected chi connectivity index (χ4v) is 3.76. The maximum absolute atomic E-state index is 13.1. The first-order valence-corrected chi connectivity index (χ1v) is 11.4.